The molecule has 3 rings (SSSR count). The minimum absolute atomic E-state index is 0.0622. The molecule has 0 radical (unpaired) electrons. The van der Waals surface area contributed by atoms with Crippen LogP contribution in [0.4, 0.5) is 5.69 Å². The number of hydrogen-bond acceptors (Lipinski definition) is 4. The van der Waals surface area contributed by atoms with Crippen molar-refractivity contribution in [2.45, 2.75) is 0 Å². The van der Waals surface area contributed by atoms with Gasteiger partial charge in [0.05, 0.1) is 12.8 Å². The number of carbonyl (C=O) groups excluding carboxylic acids is 1. The van der Waals surface area contributed by atoms with Gasteiger partial charge in [0.2, 0.25) is 0 Å². The molecule has 1 heterocycles. The van der Waals surface area contributed by atoms with E-state index in [1.165, 1.54) is 7.11 Å². The average molecular weight is 341 g/mol. The van der Waals surface area contributed by atoms with Crippen molar-refractivity contribution < 1.29 is 14.3 Å². The summed E-state index contributed by atoms with van der Waals surface area (Å²) in [6.45, 7) is -0.0622. The highest BCUT2D eigenvalue weighted by molar-refractivity contribution is 6.36. The standard InChI is InChI=1S/C18H13ClN2O3/c1-23-17-9-11(2-5-16(17)24-7-6-20)8-14-13-4-3-12(19)10-15(13)21-18(14)22/h2-5,8-10H,7H2,1H3,(H,21,22)/b14-8+. The lowest BCUT2D eigenvalue weighted by Gasteiger charge is -2.09. The van der Waals surface area contributed by atoms with Gasteiger partial charge in [0.25, 0.3) is 5.91 Å². The van der Waals surface area contributed by atoms with E-state index in [2.05, 4.69) is 5.32 Å². The Morgan fingerprint density at radius 3 is 2.83 bits per heavy atom. The fraction of sp³-hybridized carbons (Fsp3) is 0.111. The molecular weight excluding hydrogens is 328 g/mol. The lowest BCUT2D eigenvalue weighted by atomic mass is 10.0. The van der Waals surface area contributed by atoms with Crippen molar-refractivity contribution in [3.05, 3.63) is 52.5 Å². The van der Waals surface area contributed by atoms with Crippen molar-refractivity contribution in [3.63, 3.8) is 0 Å². The molecule has 0 aliphatic carbocycles. The normalized spacial score (nSPS) is 14.0. The zero-order valence-corrected chi connectivity index (χ0v) is 13.6. The van der Waals surface area contributed by atoms with Crippen molar-refractivity contribution >= 4 is 34.8 Å². The summed E-state index contributed by atoms with van der Waals surface area (Å²) in [6, 6.07) is 12.4. The molecule has 2 aromatic rings. The first-order valence-corrected chi connectivity index (χ1v) is 7.51. The molecule has 1 aliphatic heterocycles. The molecule has 0 saturated carbocycles. The Kier molecular flexibility index (Phi) is 4.41. The molecule has 0 bridgehead atoms. The van der Waals surface area contributed by atoms with Crippen LogP contribution in [-0.4, -0.2) is 19.6 Å². The van der Waals surface area contributed by atoms with E-state index in [1.807, 2.05) is 12.1 Å². The number of methoxy groups -OCH3 is 1. The molecule has 120 valence electrons. The van der Waals surface area contributed by atoms with Crippen LogP contribution in [0.2, 0.25) is 5.02 Å². The molecule has 0 saturated heterocycles. The monoisotopic (exact) mass is 340 g/mol. The van der Waals surface area contributed by atoms with Crippen LogP contribution in [0.5, 0.6) is 11.5 Å². The molecule has 1 amide bonds. The van der Waals surface area contributed by atoms with Crippen molar-refractivity contribution in [3.8, 4) is 17.6 Å². The van der Waals surface area contributed by atoms with Crippen LogP contribution in [0.25, 0.3) is 11.6 Å². The number of fused-ring (bicyclic) bond motifs is 1. The number of halogens is 1. The van der Waals surface area contributed by atoms with Gasteiger partial charge in [0.1, 0.15) is 6.07 Å². The largest absolute Gasteiger partial charge is 0.493 e. The number of anilines is 1. The summed E-state index contributed by atoms with van der Waals surface area (Å²) in [5.74, 6) is 0.787. The van der Waals surface area contributed by atoms with Crippen molar-refractivity contribution in [2.75, 3.05) is 19.0 Å². The van der Waals surface area contributed by atoms with E-state index in [1.54, 1.807) is 36.4 Å². The molecule has 2 aromatic carbocycles. The number of amides is 1. The predicted octanol–water partition coefficient (Wildman–Crippen LogP) is 3.74. The second kappa shape index (κ2) is 6.65. The van der Waals surface area contributed by atoms with Crippen molar-refractivity contribution in [1.82, 2.24) is 0 Å². The zero-order valence-electron chi connectivity index (χ0n) is 12.8. The highest BCUT2D eigenvalue weighted by atomic mass is 35.5. The summed E-state index contributed by atoms with van der Waals surface area (Å²) in [4.78, 5) is 12.2. The molecule has 5 nitrogen and oxygen atoms in total. The number of ether oxygens (including phenoxy) is 2. The van der Waals surface area contributed by atoms with Gasteiger partial charge in [0.15, 0.2) is 18.1 Å². The van der Waals surface area contributed by atoms with Crippen LogP contribution >= 0.6 is 11.6 Å². The molecule has 0 spiro atoms. The van der Waals surface area contributed by atoms with Gasteiger partial charge in [0, 0.05) is 16.2 Å². The first-order valence-electron chi connectivity index (χ1n) is 7.13. The van der Waals surface area contributed by atoms with Gasteiger partial charge in [-0.2, -0.15) is 5.26 Å². The van der Waals surface area contributed by atoms with Crippen LogP contribution < -0.4 is 14.8 Å². The fourth-order valence-electron chi connectivity index (χ4n) is 2.48. The van der Waals surface area contributed by atoms with E-state index in [0.717, 1.165) is 11.1 Å². The van der Waals surface area contributed by atoms with Gasteiger partial charge in [-0.1, -0.05) is 23.7 Å². The maximum Gasteiger partial charge on any atom is 0.256 e. The minimum atomic E-state index is -0.184. The Labute approximate surface area is 144 Å². The third-order valence-corrected chi connectivity index (χ3v) is 3.79. The molecule has 1 aliphatic rings. The first-order chi connectivity index (χ1) is 11.6. The van der Waals surface area contributed by atoms with E-state index in [9.17, 15) is 4.79 Å². The molecule has 0 atom stereocenters. The van der Waals surface area contributed by atoms with E-state index in [0.29, 0.717) is 27.8 Å². The molecule has 0 aromatic heterocycles. The average Bonchev–Trinajstić information content (AvgIpc) is 2.88. The highest BCUT2D eigenvalue weighted by Gasteiger charge is 2.24. The fourth-order valence-corrected chi connectivity index (χ4v) is 2.65. The molecular formula is C18H13ClN2O3. The second-order valence-corrected chi connectivity index (χ2v) is 5.50. The van der Waals surface area contributed by atoms with E-state index >= 15 is 0 Å². The summed E-state index contributed by atoms with van der Waals surface area (Å²) in [5, 5.41) is 12.0. The Bertz CT molecular complexity index is 884. The quantitative estimate of drug-likeness (QED) is 0.860. The molecule has 6 heteroatoms. The summed E-state index contributed by atoms with van der Waals surface area (Å²) < 4.78 is 10.6. The molecule has 0 fully saturated rings. The van der Waals surface area contributed by atoms with Crippen molar-refractivity contribution in [1.29, 1.82) is 5.26 Å². The molecule has 0 unspecified atom stereocenters. The lowest BCUT2D eigenvalue weighted by molar-refractivity contribution is -0.110. The van der Waals surface area contributed by atoms with Crippen LogP contribution in [0.15, 0.2) is 36.4 Å². The first kappa shape index (κ1) is 15.9. The van der Waals surface area contributed by atoms with Crippen LogP contribution in [-0.2, 0) is 4.79 Å². The molecule has 24 heavy (non-hydrogen) atoms. The van der Waals surface area contributed by atoms with Crippen molar-refractivity contribution in [2.24, 2.45) is 0 Å². The highest BCUT2D eigenvalue weighted by Crippen LogP contribution is 2.36. The number of rotatable bonds is 4. The van der Waals surface area contributed by atoms with E-state index < -0.39 is 0 Å². The Morgan fingerprint density at radius 1 is 1.25 bits per heavy atom. The smallest absolute Gasteiger partial charge is 0.256 e. The number of nitriles is 1. The molecule has 1 N–H and O–H groups in total. The summed E-state index contributed by atoms with van der Waals surface area (Å²) in [5.41, 5.74) is 2.83. The summed E-state index contributed by atoms with van der Waals surface area (Å²) >= 11 is 5.95. The third-order valence-electron chi connectivity index (χ3n) is 3.56. The zero-order chi connectivity index (χ0) is 17.1. The van der Waals surface area contributed by atoms with Crippen LogP contribution in [0.3, 0.4) is 0 Å². The lowest BCUT2D eigenvalue weighted by Crippen LogP contribution is -2.03. The summed E-state index contributed by atoms with van der Waals surface area (Å²) in [6.07, 6.45) is 1.77. The van der Waals surface area contributed by atoms with Gasteiger partial charge >= 0.3 is 0 Å². The third kappa shape index (κ3) is 3.05. The van der Waals surface area contributed by atoms with E-state index in [4.69, 9.17) is 26.3 Å². The van der Waals surface area contributed by atoms with Gasteiger partial charge in [-0.3, -0.25) is 4.79 Å². The van der Waals surface area contributed by atoms with Gasteiger partial charge < -0.3 is 14.8 Å². The van der Waals surface area contributed by atoms with Gasteiger partial charge in [-0.05, 0) is 35.9 Å². The maximum atomic E-state index is 12.2. The van der Waals surface area contributed by atoms with Gasteiger partial charge in [-0.15, -0.1) is 0 Å². The topological polar surface area (TPSA) is 71.3 Å². The SMILES string of the molecule is COc1cc(/C=C2/C(=O)Nc3cc(Cl)ccc32)ccc1OCC#N. The second-order valence-electron chi connectivity index (χ2n) is 5.06. The number of nitrogens with one attached hydrogen (secondary N) is 1. The maximum absolute atomic E-state index is 12.2. The number of benzene rings is 2. The Hall–Kier alpha value is -2.97. The van der Waals surface area contributed by atoms with Crippen LogP contribution in [0.1, 0.15) is 11.1 Å². The van der Waals surface area contributed by atoms with E-state index in [-0.39, 0.29) is 12.5 Å². The summed E-state index contributed by atoms with van der Waals surface area (Å²) in [7, 11) is 1.52. The van der Waals surface area contributed by atoms with Gasteiger partial charge in [-0.25, -0.2) is 0 Å². The number of carbonyl (C=O) groups is 1. The predicted molar refractivity (Wildman–Crippen MR) is 92.1 cm³/mol. The number of nitrogens with zero attached hydrogens (tertiary/aromatic N) is 1. The Balaban J connectivity index is 1.97. The number of hydrogen-bond donors (Lipinski definition) is 1. The Morgan fingerprint density at radius 2 is 2.08 bits per heavy atom. The minimum Gasteiger partial charge on any atom is -0.493 e. The van der Waals surface area contributed by atoms with Crippen LogP contribution in [0, 0.1) is 11.3 Å².